The summed E-state index contributed by atoms with van der Waals surface area (Å²) in [4.78, 5) is 0. The molecule has 0 spiro atoms. The number of nitrogens with zero attached hydrogens (tertiary/aromatic N) is 2. The van der Waals surface area contributed by atoms with Gasteiger partial charge in [-0.2, -0.15) is 5.10 Å². The third kappa shape index (κ3) is 3.76. The minimum Gasteiger partial charge on any atom is -0.314 e. The SMILES string of the molecule is CCNC1CCCCC(Cc2c(Cl)c(C)nn2CC)C1. The minimum absolute atomic E-state index is 0.686. The van der Waals surface area contributed by atoms with Crippen LogP contribution >= 0.6 is 11.6 Å². The van der Waals surface area contributed by atoms with Crippen molar-refractivity contribution in [2.75, 3.05) is 6.54 Å². The molecule has 0 amide bonds. The van der Waals surface area contributed by atoms with Crippen LogP contribution in [0.15, 0.2) is 0 Å². The van der Waals surface area contributed by atoms with E-state index < -0.39 is 0 Å². The molecule has 3 nitrogen and oxygen atoms in total. The first kappa shape index (κ1) is 15.8. The molecule has 0 radical (unpaired) electrons. The molecule has 0 aliphatic heterocycles. The van der Waals surface area contributed by atoms with E-state index >= 15 is 0 Å². The summed E-state index contributed by atoms with van der Waals surface area (Å²) in [6.07, 6.45) is 7.71. The smallest absolute Gasteiger partial charge is 0.0847 e. The van der Waals surface area contributed by atoms with Crippen LogP contribution < -0.4 is 5.32 Å². The van der Waals surface area contributed by atoms with Crippen molar-refractivity contribution in [3.8, 4) is 0 Å². The molecular weight excluding hydrogens is 270 g/mol. The van der Waals surface area contributed by atoms with E-state index in [1.54, 1.807) is 0 Å². The highest BCUT2D eigenvalue weighted by atomic mass is 35.5. The predicted molar refractivity (Wildman–Crippen MR) is 85.4 cm³/mol. The van der Waals surface area contributed by atoms with Crippen molar-refractivity contribution >= 4 is 11.6 Å². The second-order valence-corrected chi connectivity index (χ2v) is 6.38. The van der Waals surface area contributed by atoms with Gasteiger partial charge >= 0.3 is 0 Å². The van der Waals surface area contributed by atoms with Crippen molar-refractivity contribution in [1.82, 2.24) is 15.1 Å². The summed E-state index contributed by atoms with van der Waals surface area (Å²) < 4.78 is 2.09. The molecule has 2 unspecified atom stereocenters. The molecule has 20 heavy (non-hydrogen) atoms. The summed E-state index contributed by atoms with van der Waals surface area (Å²) in [5, 5.41) is 9.06. The maximum Gasteiger partial charge on any atom is 0.0847 e. The van der Waals surface area contributed by atoms with Gasteiger partial charge in [0.15, 0.2) is 0 Å². The molecule has 1 aliphatic rings. The van der Waals surface area contributed by atoms with Gasteiger partial charge in [0.05, 0.1) is 16.4 Å². The minimum atomic E-state index is 0.686. The highest BCUT2D eigenvalue weighted by molar-refractivity contribution is 6.31. The number of rotatable bonds is 5. The largest absolute Gasteiger partial charge is 0.314 e. The Kier molecular flexibility index (Phi) is 5.91. The molecule has 1 aromatic heterocycles. The zero-order valence-corrected chi connectivity index (χ0v) is 13.8. The summed E-state index contributed by atoms with van der Waals surface area (Å²) in [5.74, 6) is 0.737. The second-order valence-electron chi connectivity index (χ2n) is 6.01. The monoisotopic (exact) mass is 297 g/mol. The van der Waals surface area contributed by atoms with Crippen LogP contribution in [0.5, 0.6) is 0 Å². The average Bonchev–Trinajstić information content (AvgIpc) is 2.61. The van der Waals surface area contributed by atoms with Crippen molar-refractivity contribution in [1.29, 1.82) is 0 Å². The van der Waals surface area contributed by atoms with Gasteiger partial charge in [0.2, 0.25) is 0 Å². The Labute approximate surface area is 128 Å². The topological polar surface area (TPSA) is 29.9 Å². The van der Waals surface area contributed by atoms with Gasteiger partial charge in [0.1, 0.15) is 0 Å². The third-order valence-corrected chi connectivity index (χ3v) is 4.95. The molecule has 1 aromatic rings. The van der Waals surface area contributed by atoms with Gasteiger partial charge in [-0.3, -0.25) is 4.68 Å². The van der Waals surface area contributed by atoms with Crippen LogP contribution in [0.1, 0.15) is 57.3 Å². The molecule has 1 N–H and O–H groups in total. The Hall–Kier alpha value is -0.540. The molecule has 4 heteroatoms. The lowest BCUT2D eigenvalue weighted by Gasteiger charge is -2.21. The number of aryl methyl sites for hydroxylation is 2. The van der Waals surface area contributed by atoms with Crippen LogP contribution in [-0.2, 0) is 13.0 Å². The molecule has 2 atom stereocenters. The van der Waals surface area contributed by atoms with Crippen LogP contribution in [0.4, 0.5) is 0 Å². The predicted octanol–water partition coefficient (Wildman–Crippen LogP) is 3.97. The molecule has 0 bridgehead atoms. The molecule has 0 saturated heterocycles. The lowest BCUT2D eigenvalue weighted by atomic mass is 9.93. The van der Waals surface area contributed by atoms with Gasteiger partial charge < -0.3 is 5.32 Å². The van der Waals surface area contributed by atoms with Crippen LogP contribution in [0.25, 0.3) is 0 Å². The second kappa shape index (κ2) is 7.46. The Morgan fingerprint density at radius 2 is 2.05 bits per heavy atom. The van der Waals surface area contributed by atoms with Gasteiger partial charge in [0, 0.05) is 12.6 Å². The van der Waals surface area contributed by atoms with E-state index in [1.165, 1.54) is 37.8 Å². The zero-order chi connectivity index (χ0) is 14.5. The van der Waals surface area contributed by atoms with E-state index in [0.717, 1.165) is 36.1 Å². The highest BCUT2D eigenvalue weighted by Crippen LogP contribution is 2.30. The first-order chi connectivity index (χ1) is 9.65. The summed E-state index contributed by atoms with van der Waals surface area (Å²) in [6, 6.07) is 0.686. The summed E-state index contributed by atoms with van der Waals surface area (Å²) in [5.41, 5.74) is 2.22. The number of nitrogens with one attached hydrogen (secondary N) is 1. The van der Waals surface area contributed by atoms with Crippen LogP contribution in [0.3, 0.4) is 0 Å². The van der Waals surface area contributed by atoms with Gasteiger partial charge in [0.25, 0.3) is 0 Å². The van der Waals surface area contributed by atoms with E-state index in [1.807, 2.05) is 6.92 Å². The normalized spacial score (nSPS) is 23.8. The molecule has 114 valence electrons. The van der Waals surface area contributed by atoms with E-state index in [2.05, 4.69) is 28.9 Å². The summed E-state index contributed by atoms with van der Waals surface area (Å²) >= 11 is 6.45. The summed E-state index contributed by atoms with van der Waals surface area (Å²) in [6.45, 7) is 8.33. The summed E-state index contributed by atoms with van der Waals surface area (Å²) in [7, 11) is 0. The third-order valence-electron chi connectivity index (χ3n) is 4.46. The van der Waals surface area contributed by atoms with E-state index in [9.17, 15) is 0 Å². The Bertz CT molecular complexity index is 428. The lowest BCUT2D eigenvalue weighted by molar-refractivity contribution is 0.381. The van der Waals surface area contributed by atoms with Crippen molar-refractivity contribution < 1.29 is 0 Å². The van der Waals surface area contributed by atoms with Gasteiger partial charge in [-0.25, -0.2) is 0 Å². The van der Waals surface area contributed by atoms with Crippen molar-refractivity contribution in [2.24, 2.45) is 5.92 Å². The highest BCUT2D eigenvalue weighted by Gasteiger charge is 2.23. The fraction of sp³-hybridized carbons (Fsp3) is 0.812. The average molecular weight is 298 g/mol. The molecule has 1 aliphatic carbocycles. The molecular formula is C16H28ClN3. The Morgan fingerprint density at radius 1 is 1.30 bits per heavy atom. The van der Waals surface area contributed by atoms with Crippen LogP contribution in [0.2, 0.25) is 5.02 Å². The molecule has 2 rings (SSSR count). The first-order valence-corrected chi connectivity index (χ1v) is 8.48. The van der Waals surface area contributed by atoms with E-state index in [4.69, 9.17) is 11.6 Å². The quantitative estimate of drug-likeness (QED) is 0.834. The van der Waals surface area contributed by atoms with Crippen molar-refractivity contribution in [3.63, 3.8) is 0 Å². The number of aromatic nitrogens is 2. The molecule has 1 heterocycles. The van der Waals surface area contributed by atoms with Crippen molar-refractivity contribution in [3.05, 3.63) is 16.4 Å². The van der Waals surface area contributed by atoms with Gasteiger partial charge in [-0.05, 0) is 45.6 Å². The number of halogens is 1. The first-order valence-electron chi connectivity index (χ1n) is 8.10. The van der Waals surface area contributed by atoms with Crippen LogP contribution in [0, 0.1) is 12.8 Å². The molecule has 1 saturated carbocycles. The standard InChI is InChI=1S/C16H28ClN3/c1-4-18-14-9-7-6-8-13(10-14)11-15-16(17)12(3)19-20(15)5-2/h13-14,18H,4-11H2,1-3H3. The fourth-order valence-electron chi connectivity index (χ4n) is 3.46. The van der Waals surface area contributed by atoms with Gasteiger partial charge in [-0.1, -0.05) is 37.8 Å². The van der Waals surface area contributed by atoms with E-state index in [0.29, 0.717) is 6.04 Å². The fourth-order valence-corrected chi connectivity index (χ4v) is 3.67. The van der Waals surface area contributed by atoms with Crippen molar-refractivity contribution in [2.45, 2.75) is 71.9 Å². The zero-order valence-electron chi connectivity index (χ0n) is 13.1. The number of hydrogen-bond acceptors (Lipinski definition) is 2. The number of hydrogen-bond donors (Lipinski definition) is 1. The maximum atomic E-state index is 6.45. The molecule has 1 fully saturated rings. The maximum absolute atomic E-state index is 6.45. The Balaban J connectivity index is 2.07. The Morgan fingerprint density at radius 3 is 2.75 bits per heavy atom. The molecule has 0 aromatic carbocycles. The van der Waals surface area contributed by atoms with E-state index in [-0.39, 0.29) is 0 Å². The van der Waals surface area contributed by atoms with Gasteiger partial charge in [-0.15, -0.1) is 0 Å². The lowest BCUT2D eigenvalue weighted by Crippen LogP contribution is -2.30. The van der Waals surface area contributed by atoms with Crippen LogP contribution in [-0.4, -0.2) is 22.4 Å².